The molecule has 2 aromatic rings. The van der Waals surface area contributed by atoms with Crippen molar-refractivity contribution < 1.29 is 9.53 Å². The number of aromatic nitrogens is 2. The lowest BCUT2D eigenvalue weighted by Crippen LogP contribution is -2.24. The lowest BCUT2D eigenvalue weighted by atomic mass is 10.2. The van der Waals surface area contributed by atoms with E-state index in [4.69, 9.17) is 4.74 Å². The largest absolute Gasteiger partial charge is 0.497 e. The Hall–Kier alpha value is -2.89. The van der Waals surface area contributed by atoms with Gasteiger partial charge < -0.3 is 15.4 Å². The zero-order valence-electron chi connectivity index (χ0n) is 12.4. The molecule has 0 radical (unpaired) electrons. The van der Waals surface area contributed by atoms with Crippen molar-refractivity contribution in [1.29, 1.82) is 0 Å². The highest BCUT2D eigenvalue weighted by atomic mass is 16.5. The van der Waals surface area contributed by atoms with Crippen molar-refractivity contribution in [1.82, 2.24) is 15.3 Å². The molecule has 22 heavy (non-hydrogen) atoms. The van der Waals surface area contributed by atoms with E-state index in [0.29, 0.717) is 24.7 Å². The minimum Gasteiger partial charge on any atom is -0.497 e. The number of hydrogen-bond donors (Lipinski definition) is 2. The standard InChI is InChI=1S/C16H18N4O2/c1-3-9-17-16-18-10-8-14(20-16)15(21)19-11-12-4-6-13(22-2)7-5-12/h3-8,10H,1,9,11H2,2H3,(H,19,21)(H,17,18,20). The van der Waals surface area contributed by atoms with Gasteiger partial charge in [0, 0.05) is 19.3 Å². The van der Waals surface area contributed by atoms with Crippen molar-refractivity contribution in [3.63, 3.8) is 0 Å². The van der Waals surface area contributed by atoms with E-state index in [2.05, 4.69) is 27.2 Å². The van der Waals surface area contributed by atoms with Gasteiger partial charge in [0.15, 0.2) is 0 Å². The molecule has 0 aliphatic carbocycles. The van der Waals surface area contributed by atoms with E-state index in [1.54, 1.807) is 25.4 Å². The van der Waals surface area contributed by atoms with Crippen LogP contribution in [0.25, 0.3) is 0 Å². The number of rotatable bonds is 7. The molecule has 0 atom stereocenters. The molecule has 1 aromatic carbocycles. The number of hydrogen-bond acceptors (Lipinski definition) is 5. The maximum atomic E-state index is 12.1. The topological polar surface area (TPSA) is 76.1 Å². The van der Waals surface area contributed by atoms with Gasteiger partial charge in [0.2, 0.25) is 5.95 Å². The van der Waals surface area contributed by atoms with Crippen molar-refractivity contribution in [2.75, 3.05) is 19.0 Å². The molecule has 2 rings (SSSR count). The molecule has 0 saturated carbocycles. The van der Waals surface area contributed by atoms with Crippen molar-refractivity contribution in [3.05, 3.63) is 60.4 Å². The molecule has 0 aliphatic heterocycles. The molecular weight excluding hydrogens is 280 g/mol. The van der Waals surface area contributed by atoms with E-state index in [0.717, 1.165) is 11.3 Å². The first-order chi connectivity index (χ1) is 10.7. The fourth-order valence-electron chi connectivity index (χ4n) is 1.75. The fourth-order valence-corrected chi connectivity index (χ4v) is 1.75. The Labute approximate surface area is 129 Å². The van der Waals surface area contributed by atoms with Crippen molar-refractivity contribution in [2.24, 2.45) is 0 Å². The van der Waals surface area contributed by atoms with Crippen LogP contribution in [0, 0.1) is 0 Å². The summed E-state index contributed by atoms with van der Waals surface area (Å²) in [7, 11) is 1.61. The van der Waals surface area contributed by atoms with Gasteiger partial charge in [-0.15, -0.1) is 6.58 Å². The molecule has 0 aliphatic rings. The maximum Gasteiger partial charge on any atom is 0.270 e. The Kier molecular flexibility index (Phi) is 5.48. The third kappa shape index (κ3) is 4.31. The van der Waals surface area contributed by atoms with E-state index < -0.39 is 0 Å². The van der Waals surface area contributed by atoms with Crippen molar-refractivity contribution in [3.8, 4) is 5.75 Å². The molecule has 0 fully saturated rings. The molecule has 1 amide bonds. The highest BCUT2D eigenvalue weighted by Crippen LogP contribution is 2.11. The van der Waals surface area contributed by atoms with Crippen LogP contribution in [0.5, 0.6) is 5.75 Å². The first-order valence-electron chi connectivity index (χ1n) is 6.82. The predicted octanol–water partition coefficient (Wildman–Crippen LogP) is 2.01. The summed E-state index contributed by atoms with van der Waals surface area (Å²) in [6.45, 7) is 4.56. The van der Waals surface area contributed by atoms with Gasteiger partial charge in [0.25, 0.3) is 5.91 Å². The normalized spacial score (nSPS) is 9.86. The molecular formula is C16H18N4O2. The molecule has 0 bridgehead atoms. The summed E-state index contributed by atoms with van der Waals surface area (Å²) in [5.41, 5.74) is 1.29. The van der Waals surface area contributed by atoms with E-state index in [-0.39, 0.29) is 5.91 Å². The first-order valence-corrected chi connectivity index (χ1v) is 6.82. The number of ether oxygens (including phenoxy) is 1. The number of carbonyl (C=O) groups excluding carboxylic acids is 1. The lowest BCUT2D eigenvalue weighted by Gasteiger charge is -2.07. The molecule has 2 N–H and O–H groups in total. The number of nitrogens with one attached hydrogen (secondary N) is 2. The average Bonchev–Trinajstić information content (AvgIpc) is 2.58. The van der Waals surface area contributed by atoms with Gasteiger partial charge >= 0.3 is 0 Å². The molecule has 0 saturated heterocycles. The second kappa shape index (κ2) is 7.78. The van der Waals surface area contributed by atoms with Gasteiger partial charge in [-0.3, -0.25) is 4.79 Å². The highest BCUT2D eigenvalue weighted by Gasteiger charge is 2.08. The first kappa shape index (κ1) is 15.5. The quantitative estimate of drug-likeness (QED) is 0.765. The summed E-state index contributed by atoms with van der Waals surface area (Å²) in [6.07, 6.45) is 3.24. The molecule has 0 spiro atoms. The predicted molar refractivity (Wildman–Crippen MR) is 84.9 cm³/mol. The SMILES string of the molecule is C=CCNc1nccc(C(=O)NCc2ccc(OC)cc2)n1. The lowest BCUT2D eigenvalue weighted by molar-refractivity contribution is 0.0946. The van der Waals surface area contributed by atoms with Crippen LogP contribution < -0.4 is 15.4 Å². The summed E-state index contributed by atoms with van der Waals surface area (Å²) < 4.78 is 5.09. The summed E-state index contributed by atoms with van der Waals surface area (Å²) in [6, 6.07) is 9.07. The number of nitrogens with zero attached hydrogens (tertiary/aromatic N) is 2. The molecule has 0 unspecified atom stereocenters. The summed E-state index contributed by atoms with van der Waals surface area (Å²) in [5, 5.41) is 5.76. The molecule has 6 nitrogen and oxygen atoms in total. The fraction of sp³-hybridized carbons (Fsp3) is 0.188. The Morgan fingerprint density at radius 1 is 1.32 bits per heavy atom. The van der Waals surface area contributed by atoms with Crippen LogP contribution in [0.1, 0.15) is 16.1 Å². The molecule has 1 heterocycles. The Morgan fingerprint density at radius 2 is 2.09 bits per heavy atom. The van der Waals surface area contributed by atoms with Crippen LogP contribution >= 0.6 is 0 Å². The number of methoxy groups -OCH3 is 1. The van der Waals surface area contributed by atoms with Gasteiger partial charge in [-0.25, -0.2) is 9.97 Å². The van der Waals surface area contributed by atoms with Gasteiger partial charge in [0.05, 0.1) is 7.11 Å². The van der Waals surface area contributed by atoms with Gasteiger partial charge in [0.1, 0.15) is 11.4 Å². The van der Waals surface area contributed by atoms with Crippen LogP contribution in [0.2, 0.25) is 0 Å². The van der Waals surface area contributed by atoms with Gasteiger partial charge in [-0.1, -0.05) is 18.2 Å². The molecule has 114 valence electrons. The number of anilines is 1. The Morgan fingerprint density at radius 3 is 2.77 bits per heavy atom. The third-order valence-corrected chi connectivity index (χ3v) is 2.90. The average molecular weight is 298 g/mol. The Balaban J connectivity index is 1.94. The summed E-state index contributed by atoms with van der Waals surface area (Å²) in [4.78, 5) is 20.3. The maximum absolute atomic E-state index is 12.1. The van der Waals surface area contributed by atoms with E-state index in [1.165, 1.54) is 0 Å². The van der Waals surface area contributed by atoms with Crippen LogP contribution in [-0.2, 0) is 6.54 Å². The number of benzene rings is 1. The van der Waals surface area contributed by atoms with E-state index >= 15 is 0 Å². The highest BCUT2D eigenvalue weighted by molar-refractivity contribution is 5.92. The van der Waals surface area contributed by atoms with Gasteiger partial charge in [-0.2, -0.15) is 0 Å². The number of amides is 1. The monoisotopic (exact) mass is 298 g/mol. The van der Waals surface area contributed by atoms with Crippen LogP contribution in [-0.4, -0.2) is 29.5 Å². The minimum absolute atomic E-state index is 0.250. The van der Waals surface area contributed by atoms with Crippen molar-refractivity contribution in [2.45, 2.75) is 6.54 Å². The van der Waals surface area contributed by atoms with Crippen LogP contribution in [0.4, 0.5) is 5.95 Å². The van der Waals surface area contributed by atoms with Crippen LogP contribution in [0.15, 0.2) is 49.2 Å². The zero-order chi connectivity index (χ0) is 15.8. The molecule has 6 heteroatoms. The minimum atomic E-state index is -0.250. The summed E-state index contributed by atoms with van der Waals surface area (Å²) >= 11 is 0. The van der Waals surface area contributed by atoms with E-state index in [1.807, 2.05) is 24.3 Å². The van der Waals surface area contributed by atoms with E-state index in [9.17, 15) is 4.79 Å². The smallest absolute Gasteiger partial charge is 0.270 e. The molecule has 1 aromatic heterocycles. The zero-order valence-corrected chi connectivity index (χ0v) is 12.4. The second-order valence-electron chi connectivity index (χ2n) is 4.47. The summed E-state index contributed by atoms with van der Waals surface area (Å²) in [5.74, 6) is 0.931. The second-order valence-corrected chi connectivity index (χ2v) is 4.47. The third-order valence-electron chi connectivity index (χ3n) is 2.90. The number of carbonyl (C=O) groups is 1. The van der Waals surface area contributed by atoms with Crippen LogP contribution in [0.3, 0.4) is 0 Å². The van der Waals surface area contributed by atoms with Crippen molar-refractivity contribution >= 4 is 11.9 Å². The van der Waals surface area contributed by atoms with Gasteiger partial charge in [-0.05, 0) is 23.8 Å². The Bertz CT molecular complexity index is 641.